The van der Waals surface area contributed by atoms with E-state index in [1.807, 2.05) is 46.2 Å². The second kappa shape index (κ2) is 6.75. The number of nitrogens with zero attached hydrogens (tertiary/aromatic N) is 5. The largest absolute Gasteiger partial charge is 0.301 e. The van der Waals surface area contributed by atoms with Gasteiger partial charge < -0.3 is 5.32 Å². The smallest absolute Gasteiger partial charge is 0.236 e. The fourth-order valence-electron chi connectivity index (χ4n) is 1.87. The Balaban J connectivity index is 1.70. The number of hydrogen-bond acceptors (Lipinski definition) is 6. The molecule has 0 aliphatic rings. The Hall–Kier alpha value is -2.13. The Morgan fingerprint density at radius 2 is 2.18 bits per heavy atom. The van der Waals surface area contributed by atoms with Crippen LogP contribution in [0.2, 0.25) is 0 Å². The van der Waals surface area contributed by atoms with Crippen molar-refractivity contribution in [3.63, 3.8) is 0 Å². The lowest BCUT2D eigenvalue weighted by Crippen LogP contribution is -2.16. The summed E-state index contributed by atoms with van der Waals surface area (Å²) < 4.78 is 3.81. The molecule has 0 bridgehead atoms. The molecule has 0 atom stereocenters. The molecule has 0 saturated carbocycles. The molecule has 7 nitrogen and oxygen atoms in total. The molecular formula is C13H14N6OS2. The number of nitrogens with one attached hydrogen (secondary N) is 1. The molecule has 0 aliphatic carbocycles. The molecular weight excluding hydrogens is 320 g/mol. The second-order valence-electron chi connectivity index (χ2n) is 4.30. The van der Waals surface area contributed by atoms with Crippen LogP contribution in [0.1, 0.15) is 12.7 Å². The van der Waals surface area contributed by atoms with Gasteiger partial charge in [0.2, 0.25) is 11.1 Å². The highest BCUT2D eigenvalue weighted by atomic mass is 32.2. The molecule has 1 N–H and O–H groups in total. The minimum Gasteiger partial charge on any atom is -0.301 e. The fourth-order valence-corrected chi connectivity index (χ4v) is 3.17. The van der Waals surface area contributed by atoms with E-state index >= 15 is 0 Å². The van der Waals surface area contributed by atoms with E-state index in [1.165, 1.54) is 23.1 Å². The number of anilines is 1. The first-order chi connectivity index (χ1) is 10.8. The SMILES string of the molecule is CCc1nnc(SCC(=O)Nc2nccs2)n1-n1cccc1. The van der Waals surface area contributed by atoms with Crippen molar-refractivity contribution in [3.8, 4) is 0 Å². The van der Waals surface area contributed by atoms with Crippen molar-refractivity contribution in [2.45, 2.75) is 18.5 Å². The van der Waals surface area contributed by atoms with Crippen LogP contribution in [0, 0.1) is 0 Å². The molecule has 114 valence electrons. The minimum atomic E-state index is -0.111. The molecule has 1 amide bonds. The van der Waals surface area contributed by atoms with E-state index in [1.54, 1.807) is 6.20 Å². The summed E-state index contributed by atoms with van der Waals surface area (Å²) in [7, 11) is 0. The molecule has 0 spiro atoms. The van der Waals surface area contributed by atoms with Crippen molar-refractivity contribution in [1.82, 2.24) is 24.5 Å². The molecule has 9 heteroatoms. The Morgan fingerprint density at radius 3 is 2.86 bits per heavy atom. The summed E-state index contributed by atoms with van der Waals surface area (Å²) in [6.07, 6.45) is 6.26. The summed E-state index contributed by atoms with van der Waals surface area (Å²) in [5, 5.41) is 14.2. The maximum absolute atomic E-state index is 11.9. The molecule has 3 aromatic rings. The molecule has 3 aromatic heterocycles. The van der Waals surface area contributed by atoms with E-state index in [-0.39, 0.29) is 11.7 Å². The monoisotopic (exact) mass is 334 g/mol. The molecule has 0 saturated heterocycles. The first-order valence-corrected chi connectivity index (χ1v) is 8.54. The molecule has 22 heavy (non-hydrogen) atoms. The van der Waals surface area contributed by atoms with Gasteiger partial charge in [-0.25, -0.2) is 9.66 Å². The maximum Gasteiger partial charge on any atom is 0.236 e. The van der Waals surface area contributed by atoms with Crippen LogP contribution in [0.25, 0.3) is 0 Å². The number of amides is 1. The summed E-state index contributed by atoms with van der Waals surface area (Å²) in [4.78, 5) is 16.0. The summed E-state index contributed by atoms with van der Waals surface area (Å²) in [6.45, 7) is 2.02. The summed E-state index contributed by atoms with van der Waals surface area (Å²) in [6, 6.07) is 3.87. The highest BCUT2D eigenvalue weighted by Gasteiger charge is 2.14. The zero-order chi connectivity index (χ0) is 15.4. The van der Waals surface area contributed by atoms with Gasteiger partial charge in [-0.2, -0.15) is 0 Å². The van der Waals surface area contributed by atoms with E-state index < -0.39 is 0 Å². The van der Waals surface area contributed by atoms with Crippen molar-refractivity contribution in [1.29, 1.82) is 0 Å². The minimum absolute atomic E-state index is 0.111. The van der Waals surface area contributed by atoms with Crippen LogP contribution in [-0.2, 0) is 11.2 Å². The Labute approximate surface area is 135 Å². The quantitative estimate of drug-likeness (QED) is 0.699. The first kappa shape index (κ1) is 14.8. The van der Waals surface area contributed by atoms with Gasteiger partial charge in [0, 0.05) is 30.4 Å². The molecule has 3 heterocycles. The van der Waals surface area contributed by atoms with Crippen LogP contribution < -0.4 is 5.32 Å². The Morgan fingerprint density at radius 1 is 1.36 bits per heavy atom. The first-order valence-electron chi connectivity index (χ1n) is 6.68. The summed E-state index contributed by atoms with van der Waals surface area (Å²) >= 11 is 2.74. The number of thioether (sulfide) groups is 1. The van der Waals surface area contributed by atoms with Crippen LogP contribution in [0.15, 0.2) is 41.3 Å². The van der Waals surface area contributed by atoms with Gasteiger partial charge in [-0.15, -0.1) is 21.5 Å². The molecule has 0 fully saturated rings. The number of carbonyl (C=O) groups excluding carboxylic acids is 1. The van der Waals surface area contributed by atoms with E-state index in [2.05, 4.69) is 20.5 Å². The lowest BCUT2D eigenvalue weighted by molar-refractivity contribution is -0.113. The molecule has 0 radical (unpaired) electrons. The molecule has 0 unspecified atom stereocenters. The lowest BCUT2D eigenvalue weighted by Gasteiger charge is -2.09. The van der Waals surface area contributed by atoms with Gasteiger partial charge in [-0.05, 0) is 12.1 Å². The Kier molecular flexibility index (Phi) is 4.54. The Bertz CT molecular complexity index is 735. The van der Waals surface area contributed by atoms with Gasteiger partial charge in [0.1, 0.15) is 0 Å². The number of hydrogen-bond donors (Lipinski definition) is 1. The number of rotatable bonds is 6. The number of aryl methyl sites for hydroxylation is 1. The van der Waals surface area contributed by atoms with Gasteiger partial charge in [-0.1, -0.05) is 18.7 Å². The van der Waals surface area contributed by atoms with E-state index in [0.717, 1.165) is 12.2 Å². The van der Waals surface area contributed by atoms with Crippen molar-refractivity contribution in [3.05, 3.63) is 41.9 Å². The highest BCUT2D eigenvalue weighted by molar-refractivity contribution is 7.99. The summed E-state index contributed by atoms with van der Waals surface area (Å²) in [5.74, 6) is 0.988. The van der Waals surface area contributed by atoms with Gasteiger partial charge in [0.15, 0.2) is 11.0 Å². The van der Waals surface area contributed by atoms with E-state index in [9.17, 15) is 4.79 Å². The zero-order valence-corrected chi connectivity index (χ0v) is 13.5. The topological polar surface area (TPSA) is 77.6 Å². The van der Waals surface area contributed by atoms with Crippen molar-refractivity contribution < 1.29 is 4.79 Å². The molecule has 0 aliphatic heterocycles. The predicted octanol–water partition coefficient (Wildman–Crippen LogP) is 2.14. The average Bonchev–Trinajstić information content (AvgIpc) is 3.25. The van der Waals surface area contributed by atoms with Gasteiger partial charge in [0.25, 0.3) is 0 Å². The maximum atomic E-state index is 11.9. The second-order valence-corrected chi connectivity index (χ2v) is 6.14. The zero-order valence-electron chi connectivity index (χ0n) is 11.8. The number of aromatic nitrogens is 5. The predicted molar refractivity (Wildman–Crippen MR) is 86.1 cm³/mol. The number of thiazole rings is 1. The summed E-state index contributed by atoms with van der Waals surface area (Å²) in [5.41, 5.74) is 0. The van der Waals surface area contributed by atoms with Gasteiger partial charge >= 0.3 is 0 Å². The number of carbonyl (C=O) groups is 1. The van der Waals surface area contributed by atoms with Crippen LogP contribution in [0.3, 0.4) is 0 Å². The van der Waals surface area contributed by atoms with Crippen molar-refractivity contribution in [2.24, 2.45) is 0 Å². The van der Waals surface area contributed by atoms with Gasteiger partial charge in [-0.3, -0.25) is 9.47 Å². The van der Waals surface area contributed by atoms with Crippen molar-refractivity contribution in [2.75, 3.05) is 11.1 Å². The normalized spacial score (nSPS) is 10.8. The molecule has 0 aromatic carbocycles. The standard InChI is InChI=1S/C13H14N6OS2/c1-2-10-16-17-13(19(10)18-6-3-4-7-18)22-9-11(20)15-12-14-5-8-21-12/h3-8H,2,9H2,1H3,(H,14,15,20). The van der Waals surface area contributed by atoms with E-state index in [4.69, 9.17) is 0 Å². The van der Waals surface area contributed by atoms with Crippen LogP contribution in [0.4, 0.5) is 5.13 Å². The third-order valence-corrected chi connectivity index (χ3v) is 4.43. The van der Waals surface area contributed by atoms with Gasteiger partial charge in [0.05, 0.1) is 5.75 Å². The van der Waals surface area contributed by atoms with Crippen LogP contribution in [0.5, 0.6) is 0 Å². The third kappa shape index (κ3) is 3.20. The van der Waals surface area contributed by atoms with Crippen molar-refractivity contribution >= 4 is 34.1 Å². The third-order valence-electron chi connectivity index (χ3n) is 2.82. The van der Waals surface area contributed by atoms with Crippen LogP contribution >= 0.6 is 23.1 Å². The average molecular weight is 334 g/mol. The lowest BCUT2D eigenvalue weighted by atomic mass is 10.5. The van der Waals surface area contributed by atoms with E-state index in [0.29, 0.717) is 10.3 Å². The van der Waals surface area contributed by atoms with Crippen LogP contribution in [-0.4, -0.2) is 36.2 Å². The molecule has 3 rings (SSSR count). The fraction of sp³-hybridized carbons (Fsp3) is 0.231. The highest BCUT2D eigenvalue weighted by Crippen LogP contribution is 2.19.